The first-order chi connectivity index (χ1) is 7.50. The lowest BCUT2D eigenvalue weighted by atomic mass is 10.3. The topological polar surface area (TPSA) is 42.0 Å². The SMILES string of the molecule is CC(C)NC(=O)[C@H](C)Sc1ncccc1Br. The molecule has 0 unspecified atom stereocenters. The van der Waals surface area contributed by atoms with Crippen LogP contribution in [0.15, 0.2) is 27.8 Å². The Hall–Kier alpha value is -0.550. The molecule has 0 aliphatic heterocycles. The van der Waals surface area contributed by atoms with E-state index in [9.17, 15) is 4.79 Å². The third kappa shape index (κ3) is 4.14. The van der Waals surface area contributed by atoms with Crippen LogP contribution in [-0.2, 0) is 4.79 Å². The largest absolute Gasteiger partial charge is 0.353 e. The number of thioether (sulfide) groups is 1. The Morgan fingerprint density at radius 3 is 2.75 bits per heavy atom. The van der Waals surface area contributed by atoms with Crippen LogP contribution in [0.2, 0.25) is 0 Å². The molecule has 0 spiro atoms. The van der Waals surface area contributed by atoms with Crippen molar-refractivity contribution in [2.45, 2.75) is 37.1 Å². The van der Waals surface area contributed by atoms with E-state index >= 15 is 0 Å². The number of aromatic nitrogens is 1. The smallest absolute Gasteiger partial charge is 0.233 e. The van der Waals surface area contributed by atoms with Crippen LogP contribution in [0.25, 0.3) is 0 Å². The number of hydrogen-bond acceptors (Lipinski definition) is 3. The molecule has 0 fully saturated rings. The van der Waals surface area contributed by atoms with Gasteiger partial charge in [0.25, 0.3) is 0 Å². The van der Waals surface area contributed by atoms with Gasteiger partial charge in [-0.3, -0.25) is 4.79 Å². The highest BCUT2D eigenvalue weighted by Crippen LogP contribution is 2.28. The fourth-order valence-corrected chi connectivity index (χ4v) is 2.43. The second-order valence-corrected chi connectivity index (χ2v) is 5.90. The van der Waals surface area contributed by atoms with Gasteiger partial charge < -0.3 is 5.32 Å². The molecule has 1 atom stereocenters. The minimum atomic E-state index is -0.145. The van der Waals surface area contributed by atoms with Gasteiger partial charge in [0.2, 0.25) is 5.91 Å². The quantitative estimate of drug-likeness (QED) is 0.870. The highest BCUT2D eigenvalue weighted by Gasteiger charge is 2.16. The third-order valence-corrected chi connectivity index (χ3v) is 3.83. The molecule has 1 heterocycles. The van der Waals surface area contributed by atoms with E-state index in [2.05, 4.69) is 26.2 Å². The predicted octanol–water partition coefficient (Wildman–Crippen LogP) is 2.85. The molecule has 0 aromatic carbocycles. The Morgan fingerprint density at radius 1 is 1.50 bits per heavy atom. The fourth-order valence-electron chi connectivity index (χ4n) is 1.08. The molecular weight excluding hydrogens is 288 g/mol. The summed E-state index contributed by atoms with van der Waals surface area (Å²) in [5.74, 6) is 0.0394. The fraction of sp³-hybridized carbons (Fsp3) is 0.455. The minimum absolute atomic E-state index is 0.0394. The molecule has 1 rings (SSSR count). The monoisotopic (exact) mass is 302 g/mol. The van der Waals surface area contributed by atoms with Crippen LogP contribution in [0.4, 0.5) is 0 Å². The summed E-state index contributed by atoms with van der Waals surface area (Å²) < 4.78 is 0.921. The number of amides is 1. The van der Waals surface area contributed by atoms with E-state index in [1.165, 1.54) is 11.8 Å². The number of nitrogens with zero attached hydrogens (tertiary/aromatic N) is 1. The molecule has 88 valence electrons. The molecular formula is C11H15BrN2OS. The summed E-state index contributed by atoms with van der Waals surface area (Å²) in [4.78, 5) is 15.9. The number of carbonyl (C=O) groups excluding carboxylic acids is 1. The van der Waals surface area contributed by atoms with Crippen molar-refractivity contribution in [3.05, 3.63) is 22.8 Å². The maximum Gasteiger partial charge on any atom is 0.233 e. The Kier molecular flexibility index (Phi) is 5.28. The van der Waals surface area contributed by atoms with E-state index in [1.54, 1.807) is 6.20 Å². The van der Waals surface area contributed by atoms with Crippen molar-refractivity contribution < 1.29 is 4.79 Å². The number of pyridine rings is 1. The Balaban J connectivity index is 2.61. The molecule has 1 amide bonds. The summed E-state index contributed by atoms with van der Waals surface area (Å²) in [7, 11) is 0. The maximum absolute atomic E-state index is 11.7. The number of carbonyl (C=O) groups is 1. The first-order valence-corrected chi connectivity index (χ1v) is 6.75. The normalized spacial score (nSPS) is 12.6. The van der Waals surface area contributed by atoms with Gasteiger partial charge in [0, 0.05) is 16.7 Å². The molecule has 16 heavy (non-hydrogen) atoms. The van der Waals surface area contributed by atoms with Crippen LogP contribution in [0, 0.1) is 0 Å². The summed E-state index contributed by atoms with van der Waals surface area (Å²) in [6, 6.07) is 3.94. The van der Waals surface area contributed by atoms with Gasteiger partial charge in [0.1, 0.15) is 5.03 Å². The molecule has 0 saturated carbocycles. The second kappa shape index (κ2) is 6.25. The van der Waals surface area contributed by atoms with Crippen molar-refractivity contribution in [1.29, 1.82) is 0 Å². The second-order valence-electron chi connectivity index (χ2n) is 3.71. The van der Waals surface area contributed by atoms with Gasteiger partial charge in [-0.05, 0) is 48.8 Å². The molecule has 0 saturated heterocycles. The lowest BCUT2D eigenvalue weighted by Gasteiger charge is -2.14. The average Bonchev–Trinajstić information content (AvgIpc) is 2.20. The molecule has 1 aromatic rings. The van der Waals surface area contributed by atoms with Crippen LogP contribution in [0.3, 0.4) is 0 Å². The maximum atomic E-state index is 11.7. The summed E-state index contributed by atoms with van der Waals surface area (Å²) in [5, 5.41) is 3.58. The van der Waals surface area contributed by atoms with E-state index in [4.69, 9.17) is 0 Å². The van der Waals surface area contributed by atoms with Gasteiger partial charge in [-0.1, -0.05) is 11.8 Å². The first-order valence-electron chi connectivity index (χ1n) is 5.08. The van der Waals surface area contributed by atoms with Crippen molar-refractivity contribution in [2.75, 3.05) is 0 Å². The van der Waals surface area contributed by atoms with Crippen molar-refractivity contribution in [3.63, 3.8) is 0 Å². The summed E-state index contributed by atoms with van der Waals surface area (Å²) in [6.45, 7) is 5.78. The highest BCUT2D eigenvalue weighted by molar-refractivity contribution is 9.10. The zero-order valence-electron chi connectivity index (χ0n) is 9.53. The highest BCUT2D eigenvalue weighted by atomic mass is 79.9. The van der Waals surface area contributed by atoms with Crippen molar-refractivity contribution >= 4 is 33.6 Å². The minimum Gasteiger partial charge on any atom is -0.353 e. The van der Waals surface area contributed by atoms with Gasteiger partial charge in [-0.2, -0.15) is 0 Å². The van der Waals surface area contributed by atoms with E-state index in [1.807, 2.05) is 32.9 Å². The van der Waals surface area contributed by atoms with Crippen LogP contribution < -0.4 is 5.32 Å². The zero-order valence-corrected chi connectivity index (χ0v) is 11.9. The Morgan fingerprint density at radius 2 is 2.19 bits per heavy atom. The molecule has 3 nitrogen and oxygen atoms in total. The van der Waals surface area contributed by atoms with Crippen molar-refractivity contribution in [3.8, 4) is 0 Å². The van der Waals surface area contributed by atoms with E-state index in [-0.39, 0.29) is 17.2 Å². The number of halogens is 1. The van der Waals surface area contributed by atoms with Gasteiger partial charge in [0.15, 0.2) is 0 Å². The van der Waals surface area contributed by atoms with Gasteiger partial charge in [-0.15, -0.1) is 0 Å². The molecule has 0 aliphatic rings. The van der Waals surface area contributed by atoms with Crippen LogP contribution >= 0.6 is 27.7 Å². The lowest BCUT2D eigenvalue weighted by molar-refractivity contribution is -0.120. The van der Waals surface area contributed by atoms with Crippen LogP contribution in [0.1, 0.15) is 20.8 Å². The Bertz CT molecular complexity index is 371. The Labute approximate surface area is 109 Å². The molecule has 0 bridgehead atoms. The molecule has 1 N–H and O–H groups in total. The van der Waals surface area contributed by atoms with E-state index < -0.39 is 0 Å². The lowest BCUT2D eigenvalue weighted by Crippen LogP contribution is -2.35. The molecule has 5 heteroatoms. The molecule has 0 radical (unpaired) electrons. The van der Waals surface area contributed by atoms with Gasteiger partial charge >= 0.3 is 0 Å². The predicted molar refractivity (Wildman–Crippen MR) is 70.5 cm³/mol. The third-order valence-electron chi connectivity index (χ3n) is 1.81. The average molecular weight is 303 g/mol. The van der Waals surface area contributed by atoms with Crippen molar-refractivity contribution in [2.24, 2.45) is 0 Å². The van der Waals surface area contributed by atoms with E-state index in [0.717, 1.165) is 9.50 Å². The summed E-state index contributed by atoms with van der Waals surface area (Å²) in [5.41, 5.74) is 0. The van der Waals surface area contributed by atoms with Crippen LogP contribution in [-0.4, -0.2) is 22.2 Å². The van der Waals surface area contributed by atoms with Gasteiger partial charge in [0.05, 0.1) is 5.25 Å². The first kappa shape index (κ1) is 13.5. The standard InChI is InChI=1S/C11H15BrN2OS/c1-7(2)14-10(15)8(3)16-11-9(12)5-4-6-13-11/h4-8H,1-3H3,(H,14,15)/t8-/m0/s1. The van der Waals surface area contributed by atoms with Gasteiger partial charge in [-0.25, -0.2) is 4.98 Å². The number of hydrogen-bond donors (Lipinski definition) is 1. The summed E-state index contributed by atoms with van der Waals surface area (Å²) in [6.07, 6.45) is 1.72. The number of nitrogens with one attached hydrogen (secondary N) is 1. The molecule has 0 aliphatic carbocycles. The van der Waals surface area contributed by atoms with Crippen molar-refractivity contribution in [1.82, 2.24) is 10.3 Å². The summed E-state index contributed by atoms with van der Waals surface area (Å²) >= 11 is 4.86. The van der Waals surface area contributed by atoms with E-state index in [0.29, 0.717) is 0 Å². The number of rotatable bonds is 4. The molecule has 1 aromatic heterocycles. The zero-order chi connectivity index (χ0) is 12.1. The van der Waals surface area contributed by atoms with Crippen LogP contribution in [0.5, 0.6) is 0 Å².